The molecule has 3 unspecified atom stereocenters. The van der Waals surface area contributed by atoms with Crippen LogP contribution in [0.5, 0.6) is 0 Å². The Kier molecular flexibility index (Phi) is 3.89. The van der Waals surface area contributed by atoms with Crippen LogP contribution in [0.25, 0.3) is 0 Å². The van der Waals surface area contributed by atoms with Gasteiger partial charge in [0.05, 0.1) is 12.7 Å². The summed E-state index contributed by atoms with van der Waals surface area (Å²) in [6.07, 6.45) is 1.20. The molecule has 2 aromatic carbocycles. The molecule has 0 bridgehead atoms. The molecule has 0 saturated carbocycles. The molecule has 2 aliphatic rings. The second-order valence-corrected chi connectivity index (χ2v) is 6.99. The third-order valence-electron chi connectivity index (χ3n) is 5.63. The molecular weight excluding hydrogens is 298 g/mol. The number of piperidine rings is 1. The Hall–Kier alpha value is -2.13. The van der Waals surface area contributed by atoms with E-state index in [-0.39, 0.29) is 5.97 Å². The number of ether oxygens (including phenoxy) is 1. The van der Waals surface area contributed by atoms with Crippen LogP contribution in [0, 0.1) is 12.8 Å². The largest absolute Gasteiger partial charge is 0.465 e. The van der Waals surface area contributed by atoms with Crippen LogP contribution in [-0.4, -0.2) is 26.2 Å². The highest BCUT2D eigenvalue weighted by Crippen LogP contribution is 2.52. The Morgan fingerprint density at radius 3 is 2.67 bits per heavy atom. The third kappa shape index (κ3) is 2.44. The summed E-state index contributed by atoms with van der Waals surface area (Å²) in [5.41, 5.74) is 6.21. The summed E-state index contributed by atoms with van der Waals surface area (Å²) in [6.45, 7) is 4.32. The monoisotopic (exact) mass is 321 g/mol. The third-order valence-corrected chi connectivity index (χ3v) is 5.63. The summed E-state index contributed by atoms with van der Waals surface area (Å²) < 4.78 is 4.81. The number of fused-ring (bicyclic) bond motifs is 3. The number of nitrogens with one attached hydrogen (secondary N) is 1. The van der Waals surface area contributed by atoms with Crippen molar-refractivity contribution in [2.45, 2.75) is 25.2 Å². The molecule has 3 heteroatoms. The molecule has 0 aromatic heterocycles. The number of hydrogen-bond acceptors (Lipinski definition) is 3. The van der Waals surface area contributed by atoms with Crippen molar-refractivity contribution in [1.82, 2.24) is 5.32 Å². The molecule has 124 valence electrons. The fourth-order valence-corrected chi connectivity index (χ4v) is 4.52. The standard InChI is InChI=1S/C21H23NO2/c1-13-3-8-16-18(11-13)20(17-9-10-22-12-19(16)17)14-4-6-15(7-5-14)21(23)24-2/h3-8,11,17,19-20,22H,9-10,12H2,1-2H3. The van der Waals surface area contributed by atoms with Gasteiger partial charge in [0.15, 0.2) is 0 Å². The lowest BCUT2D eigenvalue weighted by Crippen LogP contribution is -2.34. The van der Waals surface area contributed by atoms with E-state index < -0.39 is 0 Å². The van der Waals surface area contributed by atoms with Crippen LogP contribution in [0.15, 0.2) is 42.5 Å². The minimum atomic E-state index is -0.274. The molecule has 1 fully saturated rings. The van der Waals surface area contributed by atoms with Crippen molar-refractivity contribution in [1.29, 1.82) is 0 Å². The van der Waals surface area contributed by atoms with Crippen molar-refractivity contribution >= 4 is 5.97 Å². The molecule has 0 radical (unpaired) electrons. The van der Waals surface area contributed by atoms with Crippen LogP contribution in [0.3, 0.4) is 0 Å². The van der Waals surface area contributed by atoms with Crippen molar-refractivity contribution in [3.05, 3.63) is 70.3 Å². The fraction of sp³-hybridized carbons (Fsp3) is 0.381. The Balaban J connectivity index is 1.76. The fourth-order valence-electron chi connectivity index (χ4n) is 4.52. The molecule has 1 saturated heterocycles. The Morgan fingerprint density at radius 2 is 1.92 bits per heavy atom. The first-order valence-electron chi connectivity index (χ1n) is 8.68. The average molecular weight is 321 g/mol. The van der Waals surface area contributed by atoms with Crippen LogP contribution in [0.1, 0.15) is 50.9 Å². The molecule has 24 heavy (non-hydrogen) atoms. The topological polar surface area (TPSA) is 38.3 Å². The lowest BCUT2D eigenvalue weighted by molar-refractivity contribution is 0.0600. The Bertz CT molecular complexity index is 766. The summed E-state index contributed by atoms with van der Waals surface area (Å²) in [7, 11) is 1.42. The first kappa shape index (κ1) is 15.4. The highest BCUT2D eigenvalue weighted by Gasteiger charge is 2.42. The van der Waals surface area contributed by atoms with Crippen molar-refractivity contribution < 1.29 is 9.53 Å². The lowest BCUT2D eigenvalue weighted by atomic mass is 9.78. The van der Waals surface area contributed by atoms with Crippen molar-refractivity contribution in [3.63, 3.8) is 0 Å². The second kappa shape index (κ2) is 6.06. The highest BCUT2D eigenvalue weighted by molar-refractivity contribution is 5.89. The molecule has 1 heterocycles. The van der Waals surface area contributed by atoms with Gasteiger partial charge in [0, 0.05) is 18.4 Å². The number of esters is 1. The number of hydrogen-bond donors (Lipinski definition) is 1. The summed E-state index contributed by atoms with van der Waals surface area (Å²) in [5, 5.41) is 3.55. The number of carbonyl (C=O) groups excluding carboxylic acids is 1. The van der Waals surface area contributed by atoms with E-state index in [1.807, 2.05) is 12.1 Å². The summed E-state index contributed by atoms with van der Waals surface area (Å²) in [4.78, 5) is 11.7. The lowest BCUT2D eigenvalue weighted by Gasteiger charge is -2.30. The minimum Gasteiger partial charge on any atom is -0.465 e. The quantitative estimate of drug-likeness (QED) is 0.859. The molecule has 1 aliphatic heterocycles. The van der Waals surface area contributed by atoms with E-state index in [1.54, 1.807) is 0 Å². The van der Waals surface area contributed by atoms with E-state index in [0.29, 0.717) is 23.3 Å². The van der Waals surface area contributed by atoms with E-state index >= 15 is 0 Å². The smallest absolute Gasteiger partial charge is 0.337 e. The summed E-state index contributed by atoms with van der Waals surface area (Å²) >= 11 is 0. The molecule has 0 spiro atoms. The van der Waals surface area contributed by atoms with Gasteiger partial charge < -0.3 is 10.1 Å². The van der Waals surface area contributed by atoms with Crippen molar-refractivity contribution in [2.24, 2.45) is 5.92 Å². The number of methoxy groups -OCH3 is 1. The molecule has 1 aliphatic carbocycles. The SMILES string of the molecule is COC(=O)c1ccc(C2c3cc(C)ccc3C3CNCCC32)cc1. The molecule has 3 nitrogen and oxygen atoms in total. The van der Waals surface area contributed by atoms with Gasteiger partial charge >= 0.3 is 5.97 Å². The number of carbonyl (C=O) groups is 1. The van der Waals surface area contributed by atoms with Crippen LogP contribution >= 0.6 is 0 Å². The van der Waals surface area contributed by atoms with Gasteiger partial charge in [-0.3, -0.25) is 0 Å². The maximum Gasteiger partial charge on any atom is 0.337 e. The molecule has 1 N–H and O–H groups in total. The van der Waals surface area contributed by atoms with E-state index in [9.17, 15) is 4.79 Å². The van der Waals surface area contributed by atoms with Crippen LogP contribution in [0.4, 0.5) is 0 Å². The summed E-state index contributed by atoms with van der Waals surface area (Å²) in [6, 6.07) is 14.9. The molecule has 4 rings (SSSR count). The van der Waals surface area contributed by atoms with Crippen LogP contribution in [0.2, 0.25) is 0 Å². The van der Waals surface area contributed by atoms with Crippen LogP contribution in [-0.2, 0) is 4.74 Å². The van der Waals surface area contributed by atoms with E-state index in [0.717, 1.165) is 13.1 Å². The van der Waals surface area contributed by atoms with Gasteiger partial charge in [-0.15, -0.1) is 0 Å². The Labute approximate surface area is 143 Å². The van der Waals surface area contributed by atoms with Crippen molar-refractivity contribution in [2.75, 3.05) is 20.2 Å². The zero-order valence-corrected chi connectivity index (χ0v) is 14.2. The predicted octanol–water partition coefficient (Wildman–Crippen LogP) is 3.62. The van der Waals surface area contributed by atoms with Gasteiger partial charge in [0.2, 0.25) is 0 Å². The maximum absolute atomic E-state index is 11.7. The van der Waals surface area contributed by atoms with Gasteiger partial charge in [0.25, 0.3) is 0 Å². The molecule has 3 atom stereocenters. The van der Waals surface area contributed by atoms with Gasteiger partial charge in [-0.2, -0.15) is 0 Å². The van der Waals surface area contributed by atoms with E-state index in [1.165, 1.54) is 35.8 Å². The van der Waals surface area contributed by atoms with Crippen LogP contribution < -0.4 is 5.32 Å². The van der Waals surface area contributed by atoms with E-state index in [4.69, 9.17) is 4.74 Å². The van der Waals surface area contributed by atoms with Gasteiger partial charge in [-0.1, -0.05) is 35.9 Å². The predicted molar refractivity (Wildman–Crippen MR) is 94.5 cm³/mol. The number of rotatable bonds is 2. The van der Waals surface area contributed by atoms with Crippen molar-refractivity contribution in [3.8, 4) is 0 Å². The normalized spacial score (nSPS) is 25.0. The zero-order chi connectivity index (χ0) is 16.7. The Morgan fingerprint density at radius 1 is 1.12 bits per heavy atom. The van der Waals surface area contributed by atoms with Gasteiger partial charge in [-0.05, 0) is 54.6 Å². The average Bonchev–Trinajstić information content (AvgIpc) is 2.94. The minimum absolute atomic E-state index is 0.274. The second-order valence-electron chi connectivity index (χ2n) is 6.99. The molecular formula is C21H23NO2. The molecule has 0 amide bonds. The van der Waals surface area contributed by atoms with Gasteiger partial charge in [-0.25, -0.2) is 4.79 Å². The zero-order valence-electron chi connectivity index (χ0n) is 14.2. The molecule has 2 aromatic rings. The highest BCUT2D eigenvalue weighted by atomic mass is 16.5. The number of aryl methyl sites for hydroxylation is 1. The number of benzene rings is 2. The van der Waals surface area contributed by atoms with E-state index in [2.05, 4.69) is 42.6 Å². The summed E-state index contributed by atoms with van der Waals surface area (Å²) in [5.74, 6) is 1.40. The first-order valence-corrected chi connectivity index (χ1v) is 8.68. The van der Waals surface area contributed by atoms with Gasteiger partial charge in [0.1, 0.15) is 0 Å². The first-order chi connectivity index (χ1) is 11.7. The maximum atomic E-state index is 11.7.